The first-order valence-corrected chi connectivity index (χ1v) is 13.0. The van der Waals surface area contributed by atoms with E-state index in [0.29, 0.717) is 30.8 Å². The maximum Gasteiger partial charge on any atom is 0.408 e. The molecule has 2 amide bonds. The van der Waals surface area contributed by atoms with Gasteiger partial charge in [0.1, 0.15) is 5.60 Å². The Kier molecular flexibility index (Phi) is 7.37. The van der Waals surface area contributed by atoms with Crippen LogP contribution in [0.25, 0.3) is 0 Å². The monoisotopic (exact) mass is 465 g/mol. The number of anilines is 1. The summed E-state index contributed by atoms with van der Waals surface area (Å²) in [7, 11) is -3.25. The van der Waals surface area contributed by atoms with Gasteiger partial charge < -0.3 is 15.4 Å². The van der Waals surface area contributed by atoms with Gasteiger partial charge in [0, 0.05) is 18.7 Å². The Balaban J connectivity index is 1.66. The van der Waals surface area contributed by atoms with Crippen molar-refractivity contribution in [1.82, 2.24) is 10.6 Å². The van der Waals surface area contributed by atoms with Gasteiger partial charge in [0.15, 0.2) is 0 Å². The van der Waals surface area contributed by atoms with Crippen LogP contribution in [0.4, 0.5) is 10.5 Å². The molecule has 178 valence electrons. The van der Waals surface area contributed by atoms with E-state index >= 15 is 0 Å². The molecule has 1 aromatic carbocycles. The van der Waals surface area contributed by atoms with E-state index < -0.39 is 27.3 Å². The zero-order valence-electron chi connectivity index (χ0n) is 19.3. The first-order chi connectivity index (χ1) is 15.0. The van der Waals surface area contributed by atoms with E-state index in [1.165, 1.54) is 4.31 Å². The Labute approximate surface area is 191 Å². The minimum Gasteiger partial charge on any atom is -0.444 e. The second kappa shape index (κ2) is 9.68. The maximum atomic E-state index is 12.8. The van der Waals surface area contributed by atoms with Crippen molar-refractivity contribution in [3.05, 3.63) is 29.8 Å². The van der Waals surface area contributed by atoms with Crippen molar-refractivity contribution in [1.29, 1.82) is 0 Å². The Bertz CT molecular complexity index is 914. The lowest BCUT2D eigenvalue weighted by Gasteiger charge is -2.35. The number of rotatable bonds is 5. The largest absolute Gasteiger partial charge is 0.444 e. The van der Waals surface area contributed by atoms with Crippen LogP contribution in [0.5, 0.6) is 0 Å². The summed E-state index contributed by atoms with van der Waals surface area (Å²) >= 11 is 0. The fourth-order valence-corrected chi connectivity index (χ4v) is 5.90. The summed E-state index contributed by atoms with van der Waals surface area (Å²) in [6, 6.07) is 6.61. The van der Waals surface area contributed by atoms with Crippen LogP contribution in [0.3, 0.4) is 0 Å². The number of hydrogen-bond donors (Lipinski definition) is 2. The average molecular weight is 466 g/mol. The molecule has 0 atom stereocenters. The normalized spacial score (nSPS) is 20.3. The summed E-state index contributed by atoms with van der Waals surface area (Å²) in [6.07, 6.45) is 5.85. The molecule has 1 aromatic rings. The van der Waals surface area contributed by atoms with Crippen molar-refractivity contribution in [2.24, 2.45) is 0 Å². The molecule has 0 radical (unpaired) electrons. The summed E-state index contributed by atoms with van der Waals surface area (Å²) in [4.78, 5) is 25.3. The number of nitrogens with one attached hydrogen (secondary N) is 2. The zero-order valence-corrected chi connectivity index (χ0v) is 20.1. The van der Waals surface area contributed by atoms with Crippen molar-refractivity contribution in [3.63, 3.8) is 0 Å². The standard InChI is InChI=1S/C23H35N3O5S/c1-22(2,3)31-21(28)25-23(13-6-4-5-7-14-23)17-24-20(27)18-9-11-19(12-10-18)26-15-8-16-32(26,29)30/h9-12H,4-8,13-17H2,1-3H3,(H,24,27)(H,25,28). The summed E-state index contributed by atoms with van der Waals surface area (Å²) in [5.74, 6) is -0.0995. The molecule has 0 unspecified atom stereocenters. The highest BCUT2D eigenvalue weighted by Crippen LogP contribution is 2.28. The number of alkyl carbamates (subject to hydrolysis) is 1. The van der Waals surface area contributed by atoms with Crippen LogP contribution in [0, 0.1) is 0 Å². The molecule has 0 aromatic heterocycles. The first-order valence-electron chi connectivity index (χ1n) is 11.4. The van der Waals surface area contributed by atoms with Crippen molar-refractivity contribution < 1.29 is 22.7 Å². The van der Waals surface area contributed by atoms with E-state index in [4.69, 9.17) is 4.74 Å². The van der Waals surface area contributed by atoms with Crippen molar-refractivity contribution in [2.75, 3.05) is 23.1 Å². The van der Waals surface area contributed by atoms with Crippen molar-refractivity contribution in [3.8, 4) is 0 Å². The number of benzene rings is 1. The maximum absolute atomic E-state index is 12.8. The third kappa shape index (κ3) is 6.37. The fourth-order valence-electron chi connectivity index (χ4n) is 4.33. The Morgan fingerprint density at radius 2 is 1.66 bits per heavy atom. The molecule has 8 nitrogen and oxygen atoms in total. The van der Waals surface area contributed by atoms with Gasteiger partial charge in [0.2, 0.25) is 10.0 Å². The molecule has 1 saturated carbocycles. The van der Waals surface area contributed by atoms with E-state index in [9.17, 15) is 18.0 Å². The number of carbonyl (C=O) groups is 2. The second-order valence-electron chi connectivity index (χ2n) is 9.79. The van der Waals surface area contributed by atoms with Gasteiger partial charge in [-0.15, -0.1) is 0 Å². The summed E-state index contributed by atoms with van der Waals surface area (Å²) in [5, 5.41) is 6.01. The number of sulfonamides is 1. The van der Waals surface area contributed by atoms with Gasteiger partial charge >= 0.3 is 6.09 Å². The summed E-state index contributed by atoms with van der Waals surface area (Å²) < 4.78 is 31.0. The van der Waals surface area contributed by atoms with Crippen LogP contribution in [0.1, 0.15) is 76.1 Å². The minimum absolute atomic E-state index is 0.155. The molecule has 2 aliphatic rings. The molecule has 32 heavy (non-hydrogen) atoms. The van der Waals surface area contributed by atoms with Crippen LogP contribution >= 0.6 is 0 Å². The number of amides is 2. The lowest BCUT2D eigenvalue weighted by Crippen LogP contribution is -2.56. The van der Waals surface area contributed by atoms with Gasteiger partial charge in [0.25, 0.3) is 5.91 Å². The van der Waals surface area contributed by atoms with Crippen LogP contribution in [-0.2, 0) is 14.8 Å². The third-order valence-electron chi connectivity index (χ3n) is 5.93. The van der Waals surface area contributed by atoms with Gasteiger partial charge in [-0.3, -0.25) is 9.10 Å². The third-order valence-corrected chi connectivity index (χ3v) is 7.80. The highest BCUT2D eigenvalue weighted by molar-refractivity contribution is 7.93. The van der Waals surface area contributed by atoms with Crippen molar-refractivity contribution in [2.45, 2.75) is 76.9 Å². The molecule has 1 saturated heterocycles. The van der Waals surface area contributed by atoms with Gasteiger partial charge in [0.05, 0.1) is 17.0 Å². The molecule has 2 N–H and O–H groups in total. The van der Waals surface area contributed by atoms with Crippen LogP contribution in [0.2, 0.25) is 0 Å². The molecule has 1 aliphatic heterocycles. The number of hydrogen-bond acceptors (Lipinski definition) is 5. The molecular weight excluding hydrogens is 430 g/mol. The Morgan fingerprint density at radius 1 is 1.03 bits per heavy atom. The molecule has 2 fully saturated rings. The van der Waals surface area contributed by atoms with Gasteiger partial charge in [-0.2, -0.15) is 0 Å². The second-order valence-corrected chi connectivity index (χ2v) is 11.8. The molecule has 9 heteroatoms. The van der Waals surface area contributed by atoms with Crippen LogP contribution in [0.15, 0.2) is 24.3 Å². The predicted octanol–water partition coefficient (Wildman–Crippen LogP) is 3.57. The van der Waals surface area contributed by atoms with Crippen LogP contribution in [-0.4, -0.2) is 50.4 Å². The Hall–Kier alpha value is -2.29. The average Bonchev–Trinajstić information content (AvgIpc) is 2.91. The van der Waals surface area contributed by atoms with E-state index in [1.807, 2.05) is 20.8 Å². The number of carbonyl (C=O) groups excluding carboxylic acids is 2. The highest BCUT2D eigenvalue weighted by atomic mass is 32.2. The van der Waals surface area contributed by atoms with E-state index in [0.717, 1.165) is 38.5 Å². The fraction of sp³-hybridized carbons (Fsp3) is 0.652. The SMILES string of the molecule is CC(C)(C)OC(=O)NC1(CNC(=O)c2ccc(N3CCCS3(=O)=O)cc2)CCCCCC1. The van der Waals surface area contributed by atoms with Gasteiger partial charge in [-0.25, -0.2) is 13.2 Å². The molecule has 1 aliphatic carbocycles. The van der Waals surface area contributed by atoms with Gasteiger partial charge in [-0.1, -0.05) is 25.7 Å². The summed E-state index contributed by atoms with van der Waals surface area (Å²) in [6.45, 7) is 6.25. The molecular formula is C23H35N3O5S. The molecule has 1 heterocycles. The molecule has 0 bridgehead atoms. The van der Waals surface area contributed by atoms with Crippen molar-refractivity contribution >= 4 is 27.7 Å². The predicted molar refractivity (Wildman–Crippen MR) is 124 cm³/mol. The molecule has 3 rings (SSSR count). The van der Waals surface area contributed by atoms with Crippen LogP contribution < -0.4 is 14.9 Å². The van der Waals surface area contributed by atoms with E-state index in [-0.39, 0.29) is 11.7 Å². The first kappa shape index (κ1) is 24.4. The lowest BCUT2D eigenvalue weighted by atomic mass is 9.90. The minimum atomic E-state index is -3.25. The smallest absolute Gasteiger partial charge is 0.408 e. The zero-order chi connectivity index (χ0) is 23.4. The van der Waals surface area contributed by atoms with E-state index in [1.54, 1.807) is 24.3 Å². The lowest BCUT2D eigenvalue weighted by molar-refractivity contribution is 0.0437. The topological polar surface area (TPSA) is 105 Å². The highest BCUT2D eigenvalue weighted by Gasteiger charge is 2.35. The number of ether oxygens (including phenoxy) is 1. The van der Waals surface area contributed by atoms with E-state index in [2.05, 4.69) is 10.6 Å². The molecule has 0 spiro atoms. The quantitative estimate of drug-likeness (QED) is 0.647. The Morgan fingerprint density at radius 3 is 2.19 bits per heavy atom. The number of nitrogens with zero attached hydrogens (tertiary/aromatic N) is 1. The van der Waals surface area contributed by atoms with Gasteiger partial charge in [-0.05, 0) is 64.3 Å². The summed E-state index contributed by atoms with van der Waals surface area (Å²) in [5.41, 5.74) is -0.112.